The molecule has 1 aliphatic rings. The molecule has 20 heavy (non-hydrogen) atoms. The van der Waals surface area contributed by atoms with E-state index < -0.39 is 0 Å². The molecule has 0 bridgehead atoms. The molecule has 2 rings (SSSR count). The van der Waals surface area contributed by atoms with Gasteiger partial charge in [0.25, 0.3) is 0 Å². The SMILES string of the molecule is CNC1CC(C)CC(C)C1Oc1cc(C)cc(C)c1C. The predicted octanol–water partition coefficient (Wildman–Crippen LogP) is 4.01. The summed E-state index contributed by atoms with van der Waals surface area (Å²) in [5.41, 5.74) is 3.87. The van der Waals surface area contributed by atoms with E-state index in [0.29, 0.717) is 12.0 Å². The maximum atomic E-state index is 6.45. The quantitative estimate of drug-likeness (QED) is 0.900. The minimum atomic E-state index is 0.274. The van der Waals surface area contributed by atoms with Gasteiger partial charge in [0.05, 0.1) is 0 Å². The summed E-state index contributed by atoms with van der Waals surface area (Å²) in [6.07, 6.45) is 2.73. The van der Waals surface area contributed by atoms with Gasteiger partial charge in [-0.3, -0.25) is 0 Å². The monoisotopic (exact) mass is 275 g/mol. The van der Waals surface area contributed by atoms with Gasteiger partial charge in [0.1, 0.15) is 11.9 Å². The molecule has 2 nitrogen and oxygen atoms in total. The summed E-state index contributed by atoms with van der Waals surface area (Å²) in [4.78, 5) is 0. The Kier molecular flexibility index (Phi) is 4.74. The number of likely N-dealkylation sites (N-methyl/N-ethyl adjacent to an activating group) is 1. The van der Waals surface area contributed by atoms with E-state index in [2.05, 4.69) is 59.1 Å². The van der Waals surface area contributed by atoms with Crippen LogP contribution in [0.15, 0.2) is 12.1 Å². The van der Waals surface area contributed by atoms with Crippen LogP contribution >= 0.6 is 0 Å². The first-order valence-electron chi connectivity index (χ1n) is 7.84. The Bertz CT molecular complexity index is 469. The molecule has 1 aromatic carbocycles. The summed E-state index contributed by atoms with van der Waals surface area (Å²) in [6.45, 7) is 11.1. The van der Waals surface area contributed by atoms with E-state index in [1.54, 1.807) is 0 Å². The molecule has 0 saturated heterocycles. The van der Waals surface area contributed by atoms with Crippen LogP contribution in [0.4, 0.5) is 0 Å². The van der Waals surface area contributed by atoms with Crippen molar-refractivity contribution in [1.29, 1.82) is 0 Å². The van der Waals surface area contributed by atoms with Crippen LogP contribution in [0.3, 0.4) is 0 Å². The fourth-order valence-electron chi connectivity index (χ4n) is 3.58. The second-order valence-electron chi connectivity index (χ2n) is 6.74. The standard InChI is InChI=1S/C18H29NO/c1-11-8-14(4)18(16(9-11)19-6)20-17-10-12(2)7-13(3)15(17)5/h7,10-11,14,16,18-19H,8-9H2,1-6H3. The van der Waals surface area contributed by atoms with E-state index >= 15 is 0 Å². The van der Waals surface area contributed by atoms with Gasteiger partial charge in [0.2, 0.25) is 0 Å². The Balaban J connectivity index is 2.23. The van der Waals surface area contributed by atoms with Crippen LogP contribution < -0.4 is 10.1 Å². The number of aryl methyl sites for hydroxylation is 2. The number of hydrogen-bond acceptors (Lipinski definition) is 2. The van der Waals surface area contributed by atoms with Crippen LogP contribution in [0.2, 0.25) is 0 Å². The van der Waals surface area contributed by atoms with Gasteiger partial charge in [0.15, 0.2) is 0 Å². The molecule has 1 saturated carbocycles. The third-order valence-corrected chi connectivity index (χ3v) is 4.79. The van der Waals surface area contributed by atoms with Gasteiger partial charge in [-0.05, 0) is 75.3 Å². The van der Waals surface area contributed by atoms with E-state index in [-0.39, 0.29) is 6.10 Å². The normalized spacial score (nSPS) is 30.3. The van der Waals surface area contributed by atoms with Gasteiger partial charge in [0, 0.05) is 6.04 Å². The van der Waals surface area contributed by atoms with Crippen molar-refractivity contribution >= 4 is 0 Å². The minimum absolute atomic E-state index is 0.274. The fraction of sp³-hybridized carbons (Fsp3) is 0.667. The molecule has 4 atom stereocenters. The average molecular weight is 275 g/mol. The van der Waals surface area contributed by atoms with Crippen molar-refractivity contribution < 1.29 is 4.74 Å². The Hall–Kier alpha value is -1.02. The fourth-order valence-corrected chi connectivity index (χ4v) is 3.58. The number of benzene rings is 1. The highest BCUT2D eigenvalue weighted by atomic mass is 16.5. The molecule has 1 fully saturated rings. The van der Waals surface area contributed by atoms with Crippen LogP contribution in [0.25, 0.3) is 0 Å². The van der Waals surface area contributed by atoms with Crippen molar-refractivity contribution in [3.05, 3.63) is 28.8 Å². The first-order valence-corrected chi connectivity index (χ1v) is 7.84. The summed E-state index contributed by atoms with van der Waals surface area (Å²) in [5, 5.41) is 3.46. The third kappa shape index (κ3) is 3.17. The van der Waals surface area contributed by atoms with E-state index in [4.69, 9.17) is 4.74 Å². The van der Waals surface area contributed by atoms with Crippen molar-refractivity contribution in [2.75, 3.05) is 7.05 Å². The van der Waals surface area contributed by atoms with Crippen LogP contribution in [0, 0.1) is 32.6 Å². The van der Waals surface area contributed by atoms with Gasteiger partial charge in [-0.2, -0.15) is 0 Å². The highest BCUT2D eigenvalue weighted by Gasteiger charge is 2.35. The first kappa shape index (κ1) is 15.4. The highest BCUT2D eigenvalue weighted by Crippen LogP contribution is 2.33. The van der Waals surface area contributed by atoms with E-state index in [1.807, 2.05) is 0 Å². The molecule has 0 spiro atoms. The lowest BCUT2D eigenvalue weighted by molar-refractivity contribution is 0.0501. The van der Waals surface area contributed by atoms with E-state index in [0.717, 1.165) is 11.7 Å². The Morgan fingerprint density at radius 2 is 1.80 bits per heavy atom. The molecule has 0 amide bonds. The summed E-state index contributed by atoms with van der Waals surface area (Å²) in [6, 6.07) is 4.86. The lowest BCUT2D eigenvalue weighted by Crippen LogP contribution is -2.49. The summed E-state index contributed by atoms with van der Waals surface area (Å²) in [5.74, 6) is 2.44. The zero-order chi connectivity index (χ0) is 14.9. The Labute approximate surface area is 123 Å². The third-order valence-electron chi connectivity index (χ3n) is 4.79. The lowest BCUT2D eigenvalue weighted by Gasteiger charge is -2.39. The molecule has 0 aliphatic heterocycles. The van der Waals surface area contributed by atoms with Crippen molar-refractivity contribution in [3.8, 4) is 5.75 Å². The maximum absolute atomic E-state index is 6.45. The largest absolute Gasteiger partial charge is 0.488 e. The van der Waals surface area contributed by atoms with Crippen molar-refractivity contribution in [2.45, 2.75) is 59.6 Å². The molecule has 0 radical (unpaired) electrons. The molecule has 0 aromatic heterocycles. The molecule has 1 aliphatic carbocycles. The van der Waals surface area contributed by atoms with Gasteiger partial charge in [-0.25, -0.2) is 0 Å². The molecule has 112 valence electrons. The van der Waals surface area contributed by atoms with Crippen molar-refractivity contribution in [3.63, 3.8) is 0 Å². The second-order valence-corrected chi connectivity index (χ2v) is 6.74. The van der Waals surface area contributed by atoms with Crippen LogP contribution in [0.5, 0.6) is 5.75 Å². The van der Waals surface area contributed by atoms with Crippen molar-refractivity contribution in [1.82, 2.24) is 5.32 Å². The molecular formula is C18H29NO. The van der Waals surface area contributed by atoms with E-state index in [1.165, 1.54) is 29.5 Å². The summed E-state index contributed by atoms with van der Waals surface area (Å²) in [7, 11) is 2.06. The summed E-state index contributed by atoms with van der Waals surface area (Å²) < 4.78 is 6.45. The minimum Gasteiger partial charge on any atom is -0.488 e. The molecule has 2 heteroatoms. The van der Waals surface area contributed by atoms with Crippen molar-refractivity contribution in [2.24, 2.45) is 11.8 Å². The molecular weight excluding hydrogens is 246 g/mol. The highest BCUT2D eigenvalue weighted by molar-refractivity contribution is 5.42. The average Bonchev–Trinajstić information content (AvgIpc) is 2.37. The molecule has 0 heterocycles. The van der Waals surface area contributed by atoms with Crippen LogP contribution in [0.1, 0.15) is 43.4 Å². The topological polar surface area (TPSA) is 21.3 Å². The summed E-state index contributed by atoms with van der Waals surface area (Å²) >= 11 is 0. The van der Waals surface area contributed by atoms with Gasteiger partial charge >= 0.3 is 0 Å². The Morgan fingerprint density at radius 1 is 1.10 bits per heavy atom. The second kappa shape index (κ2) is 6.17. The number of nitrogens with one attached hydrogen (secondary N) is 1. The lowest BCUT2D eigenvalue weighted by atomic mass is 9.78. The predicted molar refractivity (Wildman–Crippen MR) is 85.5 cm³/mol. The van der Waals surface area contributed by atoms with Crippen LogP contribution in [-0.4, -0.2) is 19.2 Å². The zero-order valence-corrected chi connectivity index (χ0v) is 13.8. The first-order chi connectivity index (χ1) is 9.42. The molecule has 1 N–H and O–H groups in total. The van der Waals surface area contributed by atoms with Gasteiger partial charge in [-0.15, -0.1) is 0 Å². The molecule has 1 aromatic rings. The number of rotatable bonds is 3. The zero-order valence-electron chi connectivity index (χ0n) is 13.8. The van der Waals surface area contributed by atoms with E-state index in [9.17, 15) is 0 Å². The maximum Gasteiger partial charge on any atom is 0.123 e. The van der Waals surface area contributed by atoms with Gasteiger partial charge in [-0.1, -0.05) is 19.9 Å². The Morgan fingerprint density at radius 3 is 2.45 bits per heavy atom. The molecule has 4 unspecified atom stereocenters. The number of hydrogen-bond donors (Lipinski definition) is 1. The number of ether oxygens (including phenoxy) is 1. The van der Waals surface area contributed by atoms with Gasteiger partial charge < -0.3 is 10.1 Å². The van der Waals surface area contributed by atoms with Crippen LogP contribution in [-0.2, 0) is 0 Å². The smallest absolute Gasteiger partial charge is 0.123 e.